The van der Waals surface area contributed by atoms with Gasteiger partial charge in [-0.25, -0.2) is 0 Å². The van der Waals surface area contributed by atoms with E-state index in [4.69, 9.17) is 4.74 Å². The largest absolute Gasteiger partial charge is 0.462 e. The monoisotopic (exact) mass is 428 g/mol. The van der Waals surface area contributed by atoms with Gasteiger partial charge in [-0.2, -0.15) is 0 Å². The number of nitrogens with one attached hydrogen (secondary N) is 1. The fourth-order valence-corrected chi connectivity index (χ4v) is 5.41. The number of hydrogen-bond acceptors (Lipinski definition) is 5. The van der Waals surface area contributed by atoms with Gasteiger partial charge in [-0.3, -0.25) is 14.6 Å². The molecule has 5 rings (SSSR count). The zero-order valence-corrected chi connectivity index (χ0v) is 18.1. The number of pyridine rings is 1. The van der Waals surface area contributed by atoms with Gasteiger partial charge in [0.1, 0.15) is 12.0 Å². The molecule has 0 radical (unpaired) electrons. The van der Waals surface area contributed by atoms with Gasteiger partial charge < -0.3 is 10.1 Å². The summed E-state index contributed by atoms with van der Waals surface area (Å²) in [4.78, 5) is 31.4. The van der Waals surface area contributed by atoms with E-state index < -0.39 is 11.8 Å². The predicted molar refractivity (Wildman–Crippen MR) is 122 cm³/mol. The lowest BCUT2D eigenvalue weighted by atomic mass is 9.70. The van der Waals surface area contributed by atoms with Crippen LogP contribution in [0.3, 0.4) is 0 Å². The highest BCUT2D eigenvalue weighted by atomic mass is 16.5. The minimum atomic E-state index is -0.665. The summed E-state index contributed by atoms with van der Waals surface area (Å²) < 4.78 is 5.88. The number of ether oxygens (including phenoxy) is 1. The highest BCUT2D eigenvalue weighted by Crippen LogP contribution is 2.46. The van der Waals surface area contributed by atoms with Gasteiger partial charge in [0, 0.05) is 35.3 Å². The number of hydrogen-bond donors (Lipinski definition) is 1. The van der Waals surface area contributed by atoms with Crippen LogP contribution in [0.4, 0.5) is 0 Å². The molecule has 5 nitrogen and oxygen atoms in total. The van der Waals surface area contributed by atoms with Gasteiger partial charge in [-0.1, -0.05) is 43.0 Å². The number of carbonyl (C=O) groups excluding carboxylic acids is 2. The van der Waals surface area contributed by atoms with Crippen LogP contribution in [-0.4, -0.2) is 22.8 Å². The normalized spacial score (nSPS) is 25.9. The van der Waals surface area contributed by atoms with Gasteiger partial charge in [0.25, 0.3) is 0 Å². The zero-order chi connectivity index (χ0) is 22.1. The lowest BCUT2D eigenvalue weighted by Crippen LogP contribution is -2.43. The van der Waals surface area contributed by atoms with Crippen molar-refractivity contribution in [2.24, 2.45) is 5.92 Å². The number of Topliss-reactive ketones (excluding diaryl/α,β-unsaturated/α-hetero) is 1. The van der Waals surface area contributed by atoms with Crippen LogP contribution in [-0.2, 0) is 14.3 Å². The van der Waals surface area contributed by atoms with Crippen LogP contribution in [0.2, 0.25) is 0 Å². The van der Waals surface area contributed by atoms with Crippen LogP contribution in [0.15, 0.2) is 78.3 Å². The summed E-state index contributed by atoms with van der Waals surface area (Å²) in [6, 6.07) is 15.8. The molecule has 1 fully saturated rings. The van der Waals surface area contributed by atoms with E-state index in [1.165, 1.54) is 0 Å². The molecule has 164 valence electrons. The number of nitrogens with zero attached hydrogens (tertiary/aromatic N) is 1. The quantitative estimate of drug-likeness (QED) is 0.710. The smallest absolute Gasteiger partial charge is 0.316 e. The number of benzene rings is 1. The maximum absolute atomic E-state index is 13.5. The van der Waals surface area contributed by atoms with E-state index in [9.17, 15) is 9.59 Å². The summed E-state index contributed by atoms with van der Waals surface area (Å²) in [7, 11) is 0. The summed E-state index contributed by atoms with van der Waals surface area (Å²) in [5, 5.41) is 3.34. The average molecular weight is 429 g/mol. The second-order valence-electron chi connectivity index (χ2n) is 9.03. The summed E-state index contributed by atoms with van der Waals surface area (Å²) in [6.45, 7) is 4.20. The molecule has 5 heteroatoms. The predicted octanol–water partition coefficient (Wildman–Crippen LogP) is 4.78. The fraction of sp³-hybridized carbons (Fsp3) is 0.370. The highest BCUT2D eigenvalue weighted by molar-refractivity contribution is 6.01. The molecule has 3 atom stereocenters. The maximum Gasteiger partial charge on any atom is 0.316 e. The van der Waals surface area contributed by atoms with Crippen molar-refractivity contribution >= 4 is 11.8 Å². The Hall–Kier alpha value is -3.21. The van der Waals surface area contributed by atoms with Gasteiger partial charge in [0.2, 0.25) is 0 Å². The van der Waals surface area contributed by atoms with Crippen LogP contribution in [0.5, 0.6) is 0 Å². The molecule has 2 aromatic rings. The molecule has 32 heavy (non-hydrogen) atoms. The topological polar surface area (TPSA) is 68.3 Å². The zero-order valence-electron chi connectivity index (χ0n) is 18.1. The van der Waals surface area contributed by atoms with Crippen molar-refractivity contribution in [3.63, 3.8) is 0 Å². The van der Waals surface area contributed by atoms with E-state index in [-0.39, 0.29) is 23.8 Å². The Kier molecular flexibility index (Phi) is 5.64. The first-order chi connectivity index (χ1) is 15.6. The van der Waals surface area contributed by atoms with Gasteiger partial charge in [0.15, 0.2) is 5.78 Å². The average Bonchev–Trinajstić information content (AvgIpc) is 3.32. The Balaban J connectivity index is 1.52. The third-order valence-corrected chi connectivity index (χ3v) is 6.96. The Bertz CT molecular complexity index is 1050. The van der Waals surface area contributed by atoms with Gasteiger partial charge >= 0.3 is 5.97 Å². The summed E-state index contributed by atoms with van der Waals surface area (Å²) in [6.07, 6.45) is 6.76. The van der Waals surface area contributed by atoms with E-state index in [1.54, 1.807) is 6.20 Å². The Labute approximate surface area is 188 Å². The van der Waals surface area contributed by atoms with Crippen molar-refractivity contribution in [1.82, 2.24) is 10.3 Å². The number of allylic oxidation sites excluding steroid dienone is 2. The molecule has 2 aliphatic carbocycles. The molecule has 0 bridgehead atoms. The number of rotatable bonds is 4. The van der Waals surface area contributed by atoms with Crippen molar-refractivity contribution in [2.75, 3.05) is 0 Å². The molecular formula is C27H28N2O3. The molecule has 0 amide bonds. The minimum absolute atomic E-state index is 0.0421. The van der Waals surface area contributed by atoms with Gasteiger partial charge in [0.05, 0.1) is 5.92 Å². The molecule has 0 saturated heterocycles. The van der Waals surface area contributed by atoms with E-state index in [2.05, 4.69) is 29.0 Å². The lowest BCUT2D eigenvalue weighted by molar-refractivity contribution is -0.153. The van der Waals surface area contributed by atoms with Crippen molar-refractivity contribution in [3.8, 4) is 0 Å². The lowest BCUT2D eigenvalue weighted by Gasteiger charge is -2.39. The van der Waals surface area contributed by atoms with E-state index in [0.717, 1.165) is 36.9 Å². The van der Waals surface area contributed by atoms with E-state index in [0.29, 0.717) is 29.8 Å². The van der Waals surface area contributed by atoms with Crippen LogP contribution in [0.1, 0.15) is 61.6 Å². The van der Waals surface area contributed by atoms with Crippen molar-refractivity contribution in [1.29, 1.82) is 0 Å². The molecule has 2 heterocycles. The van der Waals surface area contributed by atoms with Crippen molar-refractivity contribution < 1.29 is 14.3 Å². The second-order valence-corrected chi connectivity index (χ2v) is 9.03. The van der Waals surface area contributed by atoms with Crippen LogP contribution in [0, 0.1) is 5.92 Å². The van der Waals surface area contributed by atoms with E-state index >= 15 is 0 Å². The molecular weight excluding hydrogens is 400 g/mol. The summed E-state index contributed by atoms with van der Waals surface area (Å²) >= 11 is 0. The maximum atomic E-state index is 13.5. The number of esters is 1. The highest BCUT2D eigenvalue weighted by Gasteiger charge is 2.46. The van der Waals surface area contributed by atoms with Gasteiger partial charge in [-0.05, 0) is 55.7 Å². The molecule has 0 spiro atoms. The standard InChI is InChI=1S/C27H28N2O3/c1-17-24(27(31)32-20-11-5-6-12-20)26(21-13-7-8-14-28-21)25-22(29-17)15-19(16-23(25)30)18-9-3-2-4-10-18/h2-4,7-10,13-14,19-20,24,26,29H,1,5-6,11-12,15-16H2. The molecule has 1 aromatic carbocycles. The van der Waals surface area contributed by atoms with E-state index in [1.807, 2.05) is 36.4 Å². The molecule has 1 N–H and O–H groups in total. The third-order valence-electron chi connectivity index (χ3n) is 6.96. The minimum Gasteiger partial charge on any atom is -0.462 e. The first-order valence-corrected chi connectivity index (χ1v) is 11.5. The SMILES string of the molecule is C=C1NC2=C(C(=O)CC(c3ccccc3)C2)C(c2ccccn2)C1C(=O)OC1CCCC1. The van der Waals surface area contributed by atoms with Crippen molar-refractivity contribution in [2.45, 2.75) is 56.5 Å². The third kappa shape index (κ3) is 3.88. The molecule has 1 aromatic heterocycles. The fourth-order valence-electron chi connectivity index (χ4n) is 5.41. The van der Waals surface area contributed by atoms with Gasteiger partial charge in [-0.15, -0.1) is 0 Å². The Morgan fingerprint density at radius 3 is 2.50 bits per heavy atom. The molecule has 1 aliphatic heterocycles. The van der Waals surface area contributed by atoms with Crippen LogP contribution in [0.25, 0.3) is 0 Å². The van der Waals surface area contributed by atoms with Crippen LogP contribution < -0.4 is 5.32 Å². The molecule has 3 aliphatic rings. The first-order valence-electron chi connectivity index (χ1n) is 11.5. The Morgan fingerprint density at radius 1 is 1.03 bits per heavy atom. The second kappa shape index (κ2) is 8.73. The first kappa shape index (κ1) is 20.7. The summed E-state index contributed by atoms with van der Waals surface area (Å²) in [5.74, 6) is -1.28. The Morgan fingerprint density at radius 2 is 1.78 bits per heavy atom. The number of aromatic nitrogens is 1. The molecule has 1 saturated carbocycles. The number of carbonyl (C=O) groups is 2. The summed E-state index contributed by atoms with van der Waals surface area (Å²) in [5.41, 5.74) is 3.97. The molecule has 3 unspecified atom stereocenters. The number of ketones is 1. The van der Waals surface area contributed by atoms with Crippen LogP contribution >= 0.6 is 0 Å². The van der Waals surface area contributed by atoms with Crippen molar-refractivity contribution in [3.05, 3.63) is 89.5 Å².